The summed E-state index contributed by atoms with van der Waals surface area (Å²) < 4.78 is 0. The highest BCUT2D eigenvalue weighted by Gasteiger charge is 2.11. The molecule has 1 aromatic heterocycles. The molecule has 0 unspecified atom stereocenters. The molecule has 0 bridgehead atoms. The molecule has 1 heterocycles. The van der Waals surface area contributed by atoms with E-state index in [0.29, 0.717) is 5.56 Å². The van der Waals surface area contributed by atoms with Crippen molar-refractivity contribution in [1.29, 1.82) is 0 Å². The number of pyridine rings is 1. The van der Waals surface area contributed by atoms with Gasteiger partial charge in [0.1, 0.15) is 0 Å². The first kappa shape index (κ1) is 9.65. The van der Waals surface area contributed by atoms with Crippen LogP contribution in [0.5, 0.6) is 0 Å². The highest BCUT2D eigenvalue weighted by Crippen LogP contribution is 2.17. The maximum absolute atomic E-state index is 11.8. The van der Waals surface area contributed by atoms with Crippen LogP contribution in [0.25, 0.3) is 10.8 Å². The number of amides is 1. The van der Waals surface area contributed by atoms with Gasteiger partial charge in [0.25, 0.3) is 5.91 Å². The summed E-state index contributed by atoms with van der Waals surface area (Å²) in [5.74, 6) is -0.0145. The summed E-state index contributed by atoms with van der Waals surface area (Å²) in [6, 6.07) is 7.76. The SMILES string of the molecule is CN(C)C(=O)c1cncc2ccccc12. The van der Waals surface area contributed by atoms with Gasteiger partial charge in [0.15, 0.2) is 0 Å². The molecule has 0 N–H and O–H groups in total. The second-order valence-corrected chi connectivity index (χ2v) is 3.61. The van der Waals surface area contributed by atoms with E-state index in [1.165, 1.54) is 0 Å². The van der Waals surface area contributed by atoms with Crippen LogP contribution in [-0.2, 0) is 0 Å². The summed E-state index contributed by atoms with van der Waals surface area (Å²) in [6.45, 7) is 0. The zero-order valence-electron chi connectivity index (χ0n) is 8.77. The van der Waals surface area contributed by atoms with Crippen LogP contribution in [0.15, 0.2) is 36.7 Å². The molecule has 0 spiro atoms. The average molecular weight is 200 g/mol. The Morgan fingerprint density at radius 3 is 2.67 bits per heavy atom. The molecule has 0 saturated heterocycles. The number of hydrogen-bond donors (Lipinski definition) is 0. The van der Waals surface area contributed by atoms with Crippen LogP contribution in [-0.4, -0.2) is 29.9 Å². The summed E-state index contributed by atoms with van der Waals surface area (Å²) in [5, 5.41) is 1.94. The molecule has 2 aromatic rings. The quantitative estimate of drug-likeness (QED) is 0.704. The fourth-order valence-electron chi connectivity index (χ4n) is 1.53. The monoisotopic (exact) mass is 200 g/mol. The Hall–Kier alpha value is -1.90. The Morgan fingerprint density at radius 2 is 1.93 bits per heavy atom. The number of benzene rings is 1. The molecule has 1 amide bonds. The zero-order valence-corrected chi connectivity index (χ0v) is 8.77. The summed E-state index contributed by atoms with van der Waals surface area (Å²) in [5.41, 5.74) is 0.651. The van der Waals surface area contributed by atoms with E-state index in [1.807, 2.05) is 24.3 Å². The Morgan fingerprint density at radius 1 is 1.20 bits per heavy atom. The van der Waals surface area contributed by atoms with Crippen molar-refractivity contribution in [3.8, 4) is 0 Å². The van der Waals surface area contributed by atoms with E-state index in [-0.39, 0.29) is 5.91 Å². The third-order valence-corrected chi connectivity index (χ3v) is 2.30. The van der Waals surface area contributed by atoms with Crippen molar-refractivity contribution in [3.05, 3.63) is 42.2 Å². The largest absolute Gasteiger partial charge is 0.345 e. The van der Waals surface area contributed by atoms with Crippen molar-refractivity contribution >= 4 is 16.7 Å². The fourth-order valence-corrected chi connectivity index (χ4v) is 1.53. The van der Waals surface area contributed by atoms with Crippen LogP contribution in [0.2, 0.25) is 0 Å². The number of carbonyl (C=O) groups excluding carboxylic acids is 1. The van der Waals surface area contributed by atoms with Gasteiger partial charge >= 0.3 is 0 Å². The van der Waals surface area contributed by atoms with Crippen molar-refractivity contribution in [1.82, 2.24) is 9.88 Å². The molecular formula is C12H12N2O. The highest BCUT2D eigenvalue weighted by atomic mass is 16.2. The van der Waals surface area contributed by atoms with Gasteiger partial charge in [-0.2, -0.15) is 0 Å². The lowest BCUT2D eigenvalue weighted by Crippen LogP contribution is -2.22. The minimum Gasteiger partial charge on any atom is -0.345 e. The maximum Gasteiger partial charge on any atom is 0.255 e. The second kappa shape index (κ2) is 3.69. The summed E-state index contributed by atoms with van der Waals surface area (Å²) in [4.78, 5) is 17.5. The molecule has 0 saturated carbocycles. The second-order valence-electron chi connectivity index (χ2n) is 3.61. The third kappa shape index (κ3) is 1.68. The maximum atomic E-state index is 11.8. The summed E-state index contributed by atoms with van der Waals surface area (Å²) >= 11 is 0. The van der Waals surface area contributed by atoms with Crippen molar-refractivity contribution in [2.24, 2.45) is 0 Å². The van der Waals surface area contributed by atoms with Gasteiger partial charge in [-0.3, -0.25) is 9.78 Å². The van der Waals surface area contributed by atoms with Crippen LogP contribution < -0.4 is 0 Å². The predicted octanol–water partition coefficient (Wildman–Crippen LogP) is 1.94. The highest BCUT2D eigenvalue weighted by molar-refractivity contribution is 6.06. The van der Waals surface area contributed by atoms with Crippen LogP contribution in [0.1, 0.15) is 10.4 Å². The Bertz CT molecular complexity index is 500. The molecule has 1 aromatic carbocycles. The molecule has 15 heavy (non-hydrogen) atoms. The van der Waals surface area contributed by atoms with E-state index in [9.17, 15) is 4.79 Å². The van der Waals surface area contributed by atoms with Gasteiger partial charge in [0, 0.05) is 31.9 Å². The van der Waals surface area contributed by atoms with Gasteiger partial charge < -0.3 is 4.90 Å². The van der Waals surface area contributed by atoms with Crippen LogP contribution in [0.3, 0.4) is 0 Å². The number of hydrogen-bond acceptors (Lipinski definition) is 2. The molecule has 0 aliphatic heterocycles. The first-order chi connectivity index (χ1) is 7.20. The van der Waals surface area contributed by atoms with E-state index < -0.39 is 0 Å². The van der Waals surface area contributed by atoms with Gasteiger partial charge in [0.05, 0.1) is 5.56 Å². The third-order valence-electron chi connectivity index (χ3n) is 2.30. The zero-order chi connectivity index (χ0) is 10.8. The number of rotatable bonds is 1. The lowest BCUT2D eigenvalue weighted by Gasteiger charge is -2.11. The molecule has 0 radical (unpaired) electrons. The first-order valence-corrected chi connectivity index (χ1v) is 4.74. The molecule has 0 aliphatic carbocycles. The lowest BCUT2D eigenvalue weighted by molar-refractivity contribution is 0.0829. The van der Waals surface area contributed by atoms with E-state index in [1.54, 1.807) is 31.4 Å². The molecular weight excluding hydrogens is 188 g/mol. The van der Waals surface area contributed by atoms with Gasteiger partial charge in [-0.05, 0) is 5.39 Å². The summed E-state index contributed by atoms with van der Waals surface area (Å²) in [6.07, 6.45) is 3.38. The molecule has 3 nitrogen and oxygen atoms in total. The van der Waals surface area contributed by atoms with Crippen molar-refractivity contribution in [2.75, 3.05) is 14.1 Å². The van der Waals surface area contributed by atoms with Gasteiger partial charge in [-0.15, -0.1) is 0 Å². The normalized spacial score (nSPS) is 10.3. The predicted molar refractivity (Wildman–Crippen MR) is 59.8 cm³/mol. The molecule has 0 atom stereocenters. The standard InChI is InChI=1S/C12H12N2O/c1-14(2)12(15)11-8-13-7-9-5-3-4-6-10(9)11/h3-8H,1-2H3. The number of fused-ring (bicyclic) bond motifs is 1. The fraction of sp³-hybridized carbons (Fsp3) is 0.167. The van der Waals surface area contributed by atoms with E-state index in [0.717, 1.165) is 10.8 Å². The lowest BCUT2D eigenvalue weighted by atomic mass is 10.1. The Kier molecular flexibility index (Phi) is 2.37. The molecule has 3 heteroatoms. The topological polar surface area (TPSA) is 33.2 Å². The molecule has 0 fully saturated rings. The van der Waals surface area contributed by atoms with Crippen LogP contribution in [0.4, 0.5) is 0 Å². The smallest absolute Gasteiger partial charge is 0.255 e. The van der Waals surface area contributed by atoms with Crippen molar-refractivity contribution < 1.29 is 4.79 Å². The van der Waals surface area contributed by atoms with Gasteiger partial charge in [-0.1, -0.05) is 24.3 Å². The van der Waals surface area contributed by atoms with Crippen LogP contribution in [0, 0.1) is 0 Å². The van der Waals surface area contributed by atoms with Crippen molar-refractivity contribution in [2.45, 2.75) is 0 Å². The summed E-state index contributed by atoms with van der Waals surface area (Å²) in [7, 11) is 3.48. The van der Waals surface area contributed by atoms with Gasteiger partial charge in [-0.25, -0.2) is 0 Å². The molecule has 0 aliphatic rings. The van der Waals surface area contributed by atoms with E-state index in [2.05, 4.69) is 4.98 Å². The van der Waals surface area contributed by atoms with Gasteiger partial charge in [0.2, 0.25) is 0 Å². The minimum absolute atomic E-state index is 0.0145. The van der Waals surface area contributed by atoms with E-state index >= 15 is 0 Å². The number of carbonyl (C=O) groups is 1. The Labute approximate surface area is 88.3 Å². The van der Waals surface area contributed by atoms with Crippen LogP contribution >= 0.6 is 0 Å². The minimum atomic E-state index is -0.0145. The molecule has 76 valence electrons. The number of nitrogens with zero attached hydrogens (tertiary/aromatic N) is 2. The number of aromatic nitrogens is 1. The molecule has 2 rings (SSSR count). The first-order valence-electron chi connectivity index (χ1n) is 4.74. The van der Waals surface area contributed by atoms with E-state index in [4.69, 9.17) is 0 Å². The van der Waals surface area contributed by atoms with Crippen molar-refractivity contribution in [3.63, 3.8) is 0 Å². The average Bonchev–Trinajstić information content (AvgIpc) is 2.27. The Balaban J connectivity index is 2.66.